The first kappa shape index (κ1) is 16.0. The van der Waals surface area contributed by atoms with E-state index in [1.54, 1.807) is 6.07 Å². The average Bonchev–Trinajstić information content (AvgIpc) is 2.99. The standard InChI is InChI=1S/C20H15N3O3/c21-10-13-6-7-14(12-4-2-1-3-5-12)15-11-23(20(26)18(13)15)16-8-9-17(24)22-19(16)25/h1-7,16H,8-9,11H2,(H,22,24,25). The summed E-state index contributed by atoms with van der Waals surface area (Å²) in [6, 6.07) is 14.5. The van der Waals surface area contributed by atoms with Crippen LogP contribution in [0.5, 0.6) is 0 Å². The number of nitrogens with one attached hydrogen (secondary N) is 1. The number of nitriles is 1. The van der Waals surface area contributed by atoms with Gasteiger partial charge in [0.2, 0.25) is 11.8 Å². The highest BCUT2D eigenvalue weighted by molar-refractivity contribution is 6.07. The Morgan fingerprint density at radius 2 is 1.85 bits per heavy atom. The second kappa shape index (κ2) is 6.12. The zero-order valence-electron chi connectivity index (χ0n) is 13.9. The molecule has 1 unspecified atom stereocenters. The van der Waals surface area contributed by atoms with Crippen LogP contribution >= 0.6 is 0 Å². The molecule has 0 aliphatic carbocycles. The molecule has 1 saturated heterocycles. The molecule has 0 spiro atoms. The number of hydrogen-bond acceptors (Lipinski definition) is 4. The predicted molar refractivity (Wildman–Crippen MR) is 92.6 cm³/mol. The molecule has 0 saturated carbocycles. The highest BCUT2D eigenvalue weighted by Gasteiger charge is 2.41. The summed E-state index contributed by atoms with van der Waals surface area (Å²) in [4.78, 5) is 38.1. The van der Waals surface area contributed by atoms with Crippen molar-refractivity contribution < 1.29 is 14.4 Å². The highest BCUT2D eigenvalue weighted by atomic mass is 16.2. The van der Waals surface area contributed by atoms with Gasteiger partial charge in [0.15, 0.2) is 0 Å². The molecule has 1 N–H and O–H groups in total. The monoisotopic (exact) mass is 345 g/mol. The molecule has 2 aliphatic rings. The fraction of sp³-hybridized carbons (Fsp3) is 0.200. The number of imide groups is 1. The van der Waals surface area contributed by atoms with Gasteiger partial charge in [-0.25, -0.2) is 0 Å². The van der Waals surface area contributed by atoms with Crippen LogP contribution in [0.2, 0.25) is 0 Å². The quantitative estimate of drug-likeness (QED) is 0.843. The maximum absolute atomic E-state index is 13.0. The van der Waals surface area contributed by atoms with E-state index in [4.69, 9.17) is 0 Å². The van der Waals surface area contributed by atoms with Gasteiger partial charge in [0, 0.05) is 13.0 Å². The maximum atomic E-state index is 13.0. The lowest BCUT2D eigenvalue weighted by Crippen LogP contribution is -2.52. The van der Waals surface area contributed by atoms with Gasteiger partial charge in [-0.15, -0.1) is 0 Å². The molecule has 0 aromatic heterocycles. The molecule has 3 amide bonds. The molecular formula is C20H15N3O3. The zero-order chi connectivity index (χ0) is 18.3. The van der Waals surface area contributed by atoms with E-state index < -0.39 is 11.9 Å². The minimum Gasteiger partial charge on any atom is -0.322 e. The van der Waals surface area contributed by atoms with Crippen molar-refractivity contribution in [3.8, 4) is 17.2 Å². The highest BCUT2D eigenvalue weighted by Crippen LogP contribution is 2.36. The van der Waals surface area contributed by atoms with E-state index in [1.165, 1.54) is 4.90 Å². The predicted octanol–water partition coefficient (Wildman–Crippen LogP) is 1.99. The molecule has 0 bridgehead atoms. The third-order valence-corrected chi connectivity index (χ3v) is 4.91. The fourth-order valence-corrected chi connectivity index (χ4v) is 3.65. The van der Waals surface area contributed by atoms with Crippen molar-refractivity contribution in [2.24, 2.45) is 0 Å². The molecule has 6 nitrogen and oxygen atoms in total. The topological polar surface area (TPSA) is 90.3 Å². The van der Waals surface area contributed by atoms with Crippen LogP contribution in [-0.2, 0) is 16.1 Å². The SMILES string of the molecule is N#Cc1ccc(-c2ccccc2)c2c1C(=O)N(C1CCC(=O)NC1=O)C2. The lowest BCUT2D eigenvalue weighted by Gasteiger charge is -2.29. The van der Waals surface area contributed by atoms with Crippen molar-refractivity contribution >= 4 is 17.7 Å². The first-order valence-corrected chi connectivity index (χ1v) is 8.36. The van der Waals surface area contributed by atoms with E-state index in [2.05, 4.69) is 11.4 Å². The molecule has 2 aliphatic heterocycles. The van der Waals surface area contributed by atoms with Crippen LogP contribution < -0.4 is 5.32 Å². The third-order valence-electron chi connectivity index (χ3n) is 4.91. The Morgan fingerprint density at radius 3 is 2.54 bits per heavy atom. The van der Waals surface area contributed by atoms with Gasteiger partial charge in [-0.05, 0) is 29.2 Å². The maximum Gasteiger partial charge on any atom is 0.256 e. The molecule has 6 heteroatoms. The van der Waals surface area contributed by atoms with Gasteiger partial charge in [0.25, 0.3) is 5.91 Å². The van der Waals surface area contributed by atoms with Gasteiger partial charge in [0.05, 0.1) is 17.2 Å². The van der Waals surface area contributed by atoms with Gasteiger partial charge in [0.1, 0.15) is 6.04 Å². The number of fused-ring (bicyclic) bond motifs is 1. The summed E-state index contributed by atoms with van der Waals surface area (Å²) in [7, 11) is 0. The molecule has 2 aromatic rings. The summed E-state index contributed by atoms with van der Waals surface area (Å²) in [5.74, 6) is -1.11. The first-order chi connectivity index (χ1) is 12.6. The van der Waals surface area contributed by atoms with Crippen LogP contribution in [0.15, 0.2) is 42.5 Å². The summed E-state index contributed by atoms with van der Waals surface area (Å²) < 4.78 is 0. The van der Waals surface area contributed by atoms with Gasteiger partial charge < -0.3 is 4.90 Å². The normalized spacial score (nSPS) is 19.1. The molecule has 2 aromatic carbocycles. The van der Waals surface area contributed by atoms with Crippen molar-refractivity contribution in [2.75, 3.05) is 0 Å². The molecule has 4 rings (SSSR count). The van der Waals surface area contributed by atoms with E-state index in [1.807, 2.05) is 36.4 Å². The zero-order valence-corrected chi connectivity index (χ0v) is 13.9. The number of amides is 3. The molecule has 128 valence electrons. The van der Waals surface area contributed by atoms with Crippen LogP contribution in [0, 0.1) is 11.3 Å². The molecule has 26 heavy (non-hydrogen) atoms. The van der Waals surface area contributed by atoms with Gasteiger partial charge in [-0.2, -0.15) is 5.26 Å². The van der Waals surface area contributed by atoms with Crippen LogP contribution in [0.3, 0.4) is 0 Å². The van der Waals surface area contributed by atoms with Crippen LogP contribution in [0.1, 0.15) is 34.3 Å². The van der Waals surface area contributed by atoms with Crippen LogP contribution in [0.25, 0.3) is 11.1 Å². The van der Waals surface area contributed by atoms with Gasteiger partial charge >= 0.3 is 0 Å². The van der Waals surface area contributed by atoms with E-state index in [0.717, 1.165) is 16.7 Å². The van der Waals surface area contributed by atoms with Gasteiger partial charge in [-0.1, -0.05) is 36.4 Å². The number of nitrogens with zero attached hydrogens (tertiary/aromatic N) is 2. The van der Waals surface area contributed by atoms with Crippen molar-refractivity contribution in [3.05, 3.63) is 59.2 Å². The Kier molecular flexibility index (Phi) is 3.77. The van der Waals surface area contributed by atoms with Gasteiger partial charge in [-0.3, -0.25) is 19.7 Å². The first-order valence-electron chi connectivity index (χ1n) is 8.36. The minimum absolute atomic E-state index is 0.202. The summed E-state index contributed by atoms with van der Waals surface area (Å²) in [6.45, 7) is 0.250. The van der Waals surface area contributed by atoms with Crippen molar-refractivity contribution in [2.45, 2.75) is 25.4 Å². The fourth-order valence-electron chi connectivity index (χ4n) is 3.65. The van der Waals surface area contributed by atoms with E-state index in [-0.39, 0.29) is 24.8 Å². The Morgan fingerprint density at radius 1 is 1.08 bits per heavy atom. The van der Waals surface area contributed by atoms with E-state index in [9.17, 15) is 19.6 Å². The Bertz CT molecular complexity index is 976. The van der Waals surface area contributed by atoms with Crippen LogP contribution in [0.4, 0.5) is 0 Å². The summed E-state index contributed by atoms with van der Waals surface area (Å²) >= 11 is 0. The third kappa shape index (κ3) is 2.45. The van der Waals surface area contributed by atoms with Crippen LogP contribution in [-0.4, -0.2) is 28.7 Å². The largest absolute Gasteiger partial charge is 0.322 e. The summed E-state index contributed by atoms with van der Waals surface area (Å²) in [5.41, 5.74) is 3.25. The number of benzene rings is 2. The number of carbonyl (C=O) groups excluding carboxylic acids is 3. The second-order valence-corrected chi connectivity index (χ2v) is 6.39. The average molecular weight is 345 g/mol. The summed E-state index contributed by atoms with van der Waals surface area (Å²) in [6.07, 6.45) is 0.500. The van der Waals surface area contributed by atoms with Crippen molar-refractivity contribution in [3.63, 3.8) is 0 Å². The lowest BCUT2D eigenvalue weighted by atomic mass is 9.94. The molecule has 2 heterocycles. The molecule has 1 atom stereocenters. The Hall–Kier alpha value is -3.46. The Balaban J connectivity index is 1.79. The minimum atomic E-state index is -0.692. The lowest BCUT2D eigenvalue weighted by molar-refractivity contribution is -0.136. The Labute approximate surface area is 150 Å². The smallest absolute Gasteiger partial charge is 0.256 e. The van der Waals surface area contributed by atoms with E-state index >= 15 is 0 Å². The number of rotatable bonds is 2. The molecule has 1 fully saturated rings. The summed E-state index contributed by atoms with van der Waals surface area (Å²) in [5, 5.41) is 11.7. The number of piperidine rings is 1. The van der Waals surface area contributed by atoms with E-state index in [0.29, 0.717) is 17.5 Å². The number of carbonyl (C=O) groups is 3. The number of hydrogen-bond donors (Lipinski definition) is 1. The molecule has 0 radical (unpaired) electrons. The van der Waals surface area contributed by atoms with Crippen molar-refractivity contribution in [1.29, 1.82) is 5.26 Å². The molecular weight excluding hydrogens is 330 g/mol. The second-order valence-electron chi connectivity index (χ2n) is 6.39. The van der Waals surface area contributed by atoms with Crippen molar-refractivity contribution in [1.82, 2.24) is 10.2 Å².